The number of carbonyl (C=O) groups is 1. The number of carbonyl (C=O) groups excluding carboxylic acids is 1. The largest absolute Gasteiger partial charge is 0.416 e. The van der Waals surface area contributed by atoms with E-state index in [-0.39, 0.29) is 16.5 Å². The number of nitrogens with zero attached hydrogens (tertiary/aromatic N) is 6. The number of hydrogen-bond acceptors (Lipinski definition) is 5. The van der Waals surface area contributed by atoms with Crippen LogP contribution in [0.4, 0.5) is 13.2 Å². The van der Waals surface area contributed by atoms with Crippen molar-refractivity contribution in [2.45, 2.75) is 32.0 Å². The summed E-state index contributed by atoms with van der Waals surface area (Å²) in [7, 11) is 0. The second kappa shape index (κ2) is 8.92. The van der Waals surface area contributed by atoms with Crippen LogP contribution in [0.15, 0.2) is 55.0 Å². The Bertz CT molecular complexity index is 1400. The molecule has 2 heterocycles. The molecule has 35 heavy (non-hydrogen) atoms. The normalized spacial score (nSPS) is 14.8. The van der Waals surface area contributed by atoms with E-state index in [0.717, 1.165) is 30.5 Å². The zero-order chi connectivity index (χ0) is 24.7. The van der Waals surface area contributed by atoms with Crippen molar-refractivity contribution in [3.63, 3.8) is 0 Å². The van der Waals surface area contributed by atoms with Crippen molar-refractivity contribution in [1.82, 2.24) is 29.6 Å². The third kappa shape index (κ3) is 4.84. The summed E-state index contributed by atoms with van der Waals surface area (Å²) in [6.45, 7) is 2.15. The summed E-state index contributed by atoms with van der Waals surface area (Å²) in [5, 5.41) is 4.12. The molecule has 1 aliphatic carbocycles. The van der Waals surface area contributed by atoms with Crippen molar-refractivity contribution in [1.29, 1.82) is 0 Å². The van der Waals surface area contributed by atoms with Gasteiger partial charge in [0.25, 0.3) is 5.91 Å². The van der Waals surface area contributed by atoms with Crippen LogP contribution in [0.3, 0.4) is 0 Å². The highest BCUT2D eigenvalue weighted by atomic mass is 35.5. The summed E-state index contributed by atoms with van der Waals surface area (Å²) in [6, 6.07) is 9.67. The third-order valence-electron chi connectivity index (χ3n) is 5.95. The molecule has 1 saturated carbocycles. The molecular formula is C24H20ClF3N6O. The Morgan fingerprint density at radius 3 is 2.63 bits per heavy atom. The molecule has 4 aromatic rings. The van der Waals surface area contributed by atoms with Crippen molar-refractivity contribution >= 4 is 28.5 Å². The van der Waals surface area contributed by atoms with Gasteiger partial charge in [0.05, 0.1) is 28.8 Å². The van der Waals surface area contributed by atoms with Crippen molar-refractivity contribution < 1.29 is 18.0 Å². The number of halogens is 4. The van der Waals surface area contributed by atoms with E-state index in [4.69, 9.17) is 11.6 Å². The second-order valence-electron chi connectivity index (χ2n) is 8.55. The predicted octanol–water partition coefficient (Wildman–Crippen LogP) is 5.50. The summed E-state index contributed by atoms with van der Waals surface area (Å²) < 4.78 is 41.5. The molecule has 1 unspecified atom stereocenters. The van der Waals surface area contributed by atoms with Gasteiger partial charge in [-0.05, 0) is 56.0 Å². The summed E-state index contributed by atoms with van der Waals surface area (Å²) in [6.07, 6.45) is 0.184. The Kier molecular flexibility index (Phi) is 5.92. The van der Waals surface area contributed by atoms with Crippen LogP contribution in [0.2, 0.25) is 5.02 Å². The van der Waals surface area contributed by atoms with Gasteiger partial charge in [0.15, 0.2) is 11.6 Å². The van der Waals surface area contributed by atoms with E-state index in [9.17, 15) is 18.0 Å². The van der Waals surface area contributed by atoms with Gasteiger partial charge in [0.1, 0.15) is 6.33 Å². The highest BCUT2D eigenvalue weighted by Gasteiger charge is 2.35. The Balaban J connectivity index is 1.51. The van der Waals surface area contributed by atoms with E-state index in [0.29, 0.717) is 23.7 Å². The highest BCUT2D eigenvalue weighted by molar-refractivity contribution is 6.31. The Morgan fingerprint density at radius 1 is 1.17 bits per heavy atom. The standard InChI is InChI=1S/C24H20ClF3N6O/c1-14(22-30-13-31-34(22)21-11-29-19-4-2-3-5-20(19)32-21)33(12-15-6-7-15)23(35)16-8-17(24(26,27)28)10-18(25)9-16/h2-5,8-11,13-15H,6-7,12H2,1H3. The summed E-state index contributed by atoms with van der Waals surface area (Å²) in [4.78, 5) is 28.4. The van der Waals surface area contributed by atoms with Gasteiger partial charge < -0.3 is 4.90 Å². The fourth-order valence-electron chi connectivity index (χ4n) is 3.94. The van der Waals surface area contributed by atoms with E-state index in [2.05, 4.69) is 20.1 Å². The predicted molar refractivity (Wildman–Crippen MR) is 123 cm³/mol. The molecule has 0 N–H and O–H groups in total. The van der Waals surface area contributed by atoms with Crippen molar-refractivity contribution in [3.8, 4) is 5.82 Å². The van der Waals surface area contributed by atoms with Crippen LogP contribution < -0.4 is 0 Å². The second-order valence-corrected chi connectivity index (χ2v) is 8.99. The first-order valence-electron chi connectivity index (χ1n) is 11.0. The zero-order valence-electron chi connectivity index (χ0n) is 18.6. The minimum Gasteiger partial charge on any atom is -0.328 e. The van der Waals surface area contributed by atoms with Crippen LogP contribution in [0.1, 0.15) is 47.6 Å². The minimum absolute atomic E-state index is 0.131. The molecule has 7 nitrogen and oxygen atoms in total. The van der Waals surface area contributed by atoms with Crippen LogP contribution in [0.5, 0.6) is 0 Å². The molecule has 0 spiro atoms. The van der Waals surface area contributed by atoms with Crippen LogP contribution in [0.25, 0.3) is 16.9 Å². The lowest BCUT2D eigenvalue weighted by Gasteiger charge is -2.29. The number of hydrogen-bond donors (Lipinski definition) is 0. The average Bonchev–Trinajstić information content (AvgIpc) is 3.52. The molecule has 1 aliphatic rings. The monoisotopic (exact) mass is 500 g/mol. The molecule has 180 valence electrons. The first-order chi connectivity index (χ1) is 16.7. The molecule has 2 aromatic carbocycles. The zero-order valence-corrected chi connectivity index (χ0v) is 19.3. The number of aromatic nitrogens is 5. The SMILES string of the molecule is CC(c1ncnn1-c1cnc2ccccc2n1)N(CC1CC1)C(=O)c1cc(Cl)cc(C(F)(F)F)c1. The molecule has 1 amide bonds. The van der Waals surface area contributed by atoms with Gasteiger partial charge in [-0.25, -0.2) is 9.97 Å². The van der Waals surface area contributed by atoms with Crippen LogP contribution >= 0.6 is 11.6 Å². The Labute approximate surface area is 203 Å². The number of benzene rings is 2. The molecular weight excluding hydrogens is 481 g/mol. The van der Waals surface area contributed by atoms with Gasteiger partial charge in [0, 0.05) is 17.1 Å². The summed E-state index contributed by atoms with van der Waals surface area (Å²) in [5.74, 6) is 0.557. The lowest BCUT2D eigenvalue weighted by atomic mass is 10.1. The van der Waals surface area contributed by atoms with E-state index in [1.807, 2.05) is 24.3 Å². The number of amides is 1. The minimum atomic E-state index is -4.62. The number of alkyl halides is 3. The van der Waals surface area contributed by atoms with Crippen LogP contribution in [-0.2, 0) is 6.18 Å². The quantitative estimate of drug-likeness (QED) is 0.349. The number of fused-ring (bicyclic) bond motifs is 1. The van der Waals surface area contributed by atoms with E-state index in [1.165, 1.54) is 22.0 Å². The first kappa shape index (κ1) is 23.2. The maximum atomic E-state index is 13.5. The Morgan fingerprint density at radius 2 is 1.91 bits per heavy atom. The van der Waals surface area contributed by atoms with Gasteiger partial charge in [-0.3, -0.25) is 9.78 Å². The van der Waals surface area contributed by atoms with Gasteiger partial charge in [-0.1, -0.05) is 23.7 Å². The first-order valence-corrected chi connectivity index (χ1v) is 11.4. The van der Waals surface area contributed by atoms with E-state index in [1.54, 1.807) is 13.1 Å². The van der Waals surface area contributed by atoms with Crippen LogP contribution in [-0.4, -0.2) is 42.1 Å². The van der Waals surface area contributed by atoms with Crippen LogP contribution in [0, 0.1) is 5.92 Å². The molecule has 0 bridgehead atoms. The average molecular weight is 501 g/mol. The van der Waals surface area contributed by atoms with Crippen molar-refractivity contribution in [3.05, 3.63) is 77.0 Å². The molecule has 2 aromatic heterocycles. The van der Waals surface area contributed by atoms with Gasteiger partial charge >= 0.3 is 6.18 Å². The smallest absolute Gasteiger partial charge is 0.328 e. The number of para-hydroxylation sites is 2. The van der Waals surface area contributed by atoms with Gasteiger partial charge in [-0.2, -0.15) is 23.0 Å². The summed E-state index contributed by atoms with van der Waals surface area (Å²) >= 11 is 5.94. The maximum Gasteiger partial charge on any atom is 0.416 e. The molecule has 0 radical (unpaired) electrons. The van der Waals surface area contributed by atoms with Crippen molar-refractivity contribution in [2.75, 3.05) is 6.54 Å². The fourth-order valence-corrected chi connectivity index (χ4v) is 4.17. The van der Waals surface area contributed by atoms with Gasteiger partial charge in [-0.15, -0.1) is 0 Å². The molecule has 0 saturated heterocycles. The fraction of sp³-hybridized carbons (Fsp3) is 0.292. The molecule has 5 rings (SSSR count). The topological polar surface area (TPSA) is 76.8 Å². The van der Waals surface area contributed by atoms with E-state index >= 15 is 0 Å². The Hall–Kier alpha value is -3.53. The van der Waals surface area contributed by atoms with Gasteiger partial charge in [0.2, 0.25) is 0 Å². The lowest BCUT2D eigenvalue weighted by Crippen LogP contribution is -2.36. The summed E-state index contributed by atoms with van der Waals surface area (Å²) in [5.41, 5.74) is 0.289. The third-order valence-corrected chi connectivity index (χ3v) is 6.17. The molecule has 1 fully saturated rings. The molecule has 0 aliphatic heterocycles. The molecule has 11 heteroatoms. The molecule has 1 atom stereocenters. The van der Waals surface area contributed by atoms with E-state index < -0.39 is 23.7 Å². The number of rotatable bonds is 6. The van der Waals surface area contributed by atoms with Crippen molar-refractivity contribution in [2.24, 2.45) is 5.92 Å². The highest BCUT2D eigenvalue weighted by Crippen LogP contribution is 2.36. The maximum absolute atomic E-state index is 13.5. The lowest BCUT2D eigenvalue weighted by molar-refractivity contribution is -0.137.